The van der Waals surface area contributed by atoms with E-state index in [2.05, 4.69) is 10.4 Å². The minimum Gasteiger partial charge on any atom is -0.459 e. The number of sulfone groups is 1. The van der Waals surface area contributed by atoms with Crippen LogP contribution in [0.5, 0.6) is 0 Å². The van der Waals surface area contributed by atoms with Gasteiger partial charge in [0.2, 0.25) is 0 Å². The van der Waals surface area contributed by atoms with Gasteiger partial charge in [-0.05, 0) is 42.0 Å². The van der Waals surface area contributed by atoms with E-state index in [1.165, 1.54) is 24.5 Å². The van der Waals surface area contributed by atoms with Crippen LogP contribution in [-0.4, -0.2) is 24.1 Å². The minimum absolute atomic E-state index is 0.0184. The highest BCUT2D eigenvalue weighted by Gasteiger charge is 2.22. The van der Waals surface area contributed by atoms with Gasteiger partial charge in [0, 0.05) is 23.6 Å². The van der Waals surface area contributed by atoms with Crippen molar-refractivity contribution in [2.45, 2.75) is 17.2 Å². The van der Waals surface area contributed by atoms with E-state index in [1.807, 2.05) is 24.4 Å². The van der Waals surface area contributed by atoms with Gasteiger partial charge in [-0.3, -0.25) is 9.48 Å². The highest BCUT2D eigenvalue weighted by Crippen LogP contribution is 2.21. The van der Waals surface area contributed by atoms with Crippen molar-refractivity contribution in [3.63, 3.8) is 0 Å². The lowest BCUT2D eigenvalue weighted by Gasteiger charge is -2.08. The molecule has 4 rings (SSSR count). The van der Waals surface area contributed by atoms with Crippen molar-refractivity contribution in [1.29, 1.82) is 0 Å². The fraction of sp³-hybridized carbons (Fsp3) is 0.0909. The van der Waals surface area contributed by atoms with Crippen LogP contribution in [0.4, 0.5) is 5.69 Å². The minimum atomic E-state index is -3.59. The van der Waals surface area contributed by atoms with Gasteiger partial charge in [-0.25, -0.2) is 8.42 Å². The summed E-state index contributed by atoms with van der Waals surface area (Å²) < 4.78 is 32.3. The first-order valence-electron chi connectivity index (χ1n) is 9.23. The van der Waals surface area contributed by atoms with Crippen LogP contribution in [0, 0.1) is 0 Å². The molecule has 0 saturated heterocycles. The Morgan fingerprint density at radius 2 is 1.77 bits per heavy atom. The van der Waals surface area contributed by atoms with Crippen LogP contribution < -0.4 is 5.32 Å². The molecule has 2 aromatic heterocycles. The Bertz CT molecular complexity index is 1230. The normalized spacial score (nSPS) is 11.3. The van der Waals surface area contributed by atoms with Crippen molar-refractivity contribution < 1.29 is 17.6 Å². The molecule has 1 amide bonds. The van der Waals surface area contributed by atoms with Gasteiger partial charge >= 0.3 is 0 Å². The number of anilines is 1. The fourth-order valence-electron chi connectivity index (χ4n) is 3.03. The molecule has 7 nitrogen and oxygen atoms in total. The largest absolute Gasteiger partial charge is 0.459 e. The van der Waals surface area contributed by atoms with E-state index in [0.29, 0.717) is 17.8 Å². The highest BCUT2D eigenvalue weighted by atomic mass is 32.2. The maximum absolute atomic E-state index is 12.6. The van der Waals surface area contributed by atoms with Crippen LogP contribution in [0.2, 0.25) is 0 Å². The summed E-state index contributed by atoms with van der Waals surface area (Å²) in [4.78, 5) is 12.8. The number of benzene rings is 2. The fourth-order valence-corrected chi connectivity index (χ4v) is 4.40. The molecule has 0 fully saturated rings. The van der Waals surface area contributed by atoms with Crippen molar-refractivity contribution in [3.05, 3.63) is 102 Å². The summed E-state index contributed by atoms with van der Waals surface area (Å²) in [5.74, 6) is -0.841. The van der Waals surface area contributed by atoms with Crippen LogP contribution in [0.15, 0.2) is 94.7 Å². The molecule has 1 N–H and O–H groups in total. The van der Waals surface area contributed by atoms with Crippen LogP contribution >= 0.6 is 0 Å². The molecule has 30 heavy (non-hydrogen) atoms. The molecule has 0 atom stereocenters. The second-order valence-corrected chi connectivity index (χ2v) is 8.69. The first-order chi connectivity index (χ1) is 14.5. The lowest BCUT2D eigenvalue weighted by molar-refractivity contribution is 0.0996. The van der Waals surface area contributed by atoms with E-state index >= 15 is 0 Å². The second-order valence-electron chi connectivity index (χ2n) is 6.70. The Kier molecular flexibility index (Phi) is 5.49. The Morgan fingerprint density at radius 3 is 2.47 bits per heavy atom. The molecule has 0 aliphatic heterocycles. The average Bonchev–Trinajstić information content (AvgIpc) is 3.42. The summed E-state index contributed by atoms with van der Waals surface area (Å²) in [6.07, 6.45) is 4.91. The van der Waals surface area contributed by atoms with Crippen molar-refractivity contribution in [2.75, 3.05) is 5.32 Å². The number of nitrogens with one attached hydrogen (secondary N) is 1. The molecule has 152 valence electrons. The number of hydrogen-bond acceptors (Lipinski definition) is 5. The standard InChI is InChI=1S/C22H19N3O4S/c26-22(24-19-9-7-17(8-10-19)15-25-13-4-12-23-25)21-18(11-14-29-21)16-30(27,28)20-5-2-1-3-6-20/h1-14H,15-16H2,(H,24,26). The number of rotatable bonds is 7. The summed E-state index contributed by atoms with van der Waals surface area (Å²) in [6.45, 7) is 0.626. The Labute approximate surface area is 173 Å². The zero-order chi connectivity index (χ0) is 21.0. The zero-order valence-corrected chi connectivity index (χ0v) is 16.7. The maximum Gasteiger partial charge on any atom is 0.291 e. The van der Waals surface area contributed by atoms with Gasteiger partial charge in [-0.2, -0.15) is 5.10 Å². The Hall–Kier alpha value is -3.65. The molecule has 0 aliphatic rings. The average molecular weight is 421 g/mol. The van der Waals surface area contributed by atoms with Gasteiger partial charge in [-0.1, -0.05) is 30.3 Å². The van der Waals surface area contributed by atoms with Gasteiger partial charge in [0.25, 0.3) is 5.91 Å². The molecule has 0 radical (unpaired) electrons. The number of carbonyl (C=O) groups excluding carboxylic acids is 1. The third kappa shape index (κ3) is 4.49. The maximum atomic E-state index is 12.6. The van der Waals surface area contributed by atoms with Gasteiger partial charge in [0.1, 0.15) is 0 Å². The number of furan rings is 1. The summed E-state index contributed by atoms with van der Waals surface area (Å²) in [7, 11) is -3.59. The number of amides is 1. The second kappa shape index (κ2) is 8.38. The highest BCUT2D eigenvalue weighted by molar-refractivity contribution is 7.90. The van der Waals surface area contributed by atoms with Crippen molar-refractivity contribution >= 4 is 21.4 Å². The molecule has 0 bridgehead atoms. The molecule has 2 heterocycles. The van der Waals surface area contributed by atoms with Crippen LogP contribution in [0.1, 0.15) is 21.7 Å². The molecular weight excluding hydrogens is 402 g/mol. The first kappa shape index (κ1) is 19.7. The quantitative estimate of drug-likeness (QED) is 0.490. The van der Waals surface area contributed by atoms with E-state index in [1.54, 1.807) is 41.2 Å². The van der Waals surface area contributed by atoms with E-state index < -0.39 is 15.7 Å². The topological polar surface area (TPSA) is 94.2 Å². The molecule has 0 spiro atoms. The van der Waals surface area contributed by atoms with Crippen molar-refractivity contribution in [1.82, 2.24) is 9.78 Å². The smallest absolute Gasteiger partial charge is 0.291 e. The van der Waals surface area contributed by atoms with E-state index in [9.17, 15) is 13.2 Å². The number of nitrogens with zero attached hydrogens (tertiary/aromatic N) is 2. The number of aromatic nitrogens is 2. The number of carbonyl (C=O) groups is 1. The lowest BCUT2D eigenvalue weighted by Crippen LogP contribution is -2.15. The van der Waals surface area contributed by atoms with E-state index in [-0.39, 0.29) is 16.4 Å². The van der Waals surface area contributed by atoms with Gasteiger partial charge in [-0.15, -0.1) is 0 Å². The summed E-state index contributed by atoms with van der Waals surface area (Å²) in [5, 5.41) is 6.91. The SMILES string of the molecule is O=C(Nc1ccc(Cn2cccn2)cc1)c1occc1CS(=O)(=O)c1ccccc1. The van der Waals surface area contributed by atoms with Crippen LogP contribution in [-0.2, 0) is 22.1 Å². The molecule has 2 aromatic carbocycles. The zero-order valence-electron chi connectivity index (χ0n) is 15.9. The molecule has 8 heteroatoms. The third-order valence-electron chi connectivity index (χ3n) is 4.52. The molecule has 0 aliphatic carbocycles. The van der Waals surface area contributed by atoms with Crippen molar-refractivity contribution in [2.24, 2.45) is 0 Å². The predicted molar refractivity (Wildman–Crippen MR) is 112 cm³/mol. The van der Waals surface area contributed by atoms with Gasteiger partial charge < -0.3 is 9.73 Å². The first-order valence-corrected chi connectivity index (χ1v) is 10.9. The van der Waals surface area contributed by atoms with E-state index in [0.717, 1.165) is 5.56 Å². The summed E-state index contributed by atoms with van der Waals surface area (Å²) in [6, 6.07) is 18.8. The molecule has 4 aromatic rings. The molecule has 0 saturated carbocycles. The van der Waals surface area contributed by atoms with Crippen molar-refractivity contribution in [3.8, 4) is 0 Å². The van der Waals surface area contributed by atoms with Gasteiger partial charge in [0.05, 0.1) is 23.5 Å². The Morgan fingerprint density at radius 1 is 1.00 bits per heavy atom. The van der Waals surface area contributed by atoms with E-state index in [4.69, 9.17) is 4.42 Å². The Balaban J connectivity index is 1.45. The molecule has 0 unspecified atom stereocenters. The lowest BCUT2D eigenvalue weighted by atomic mass is 10.2. The van der Waals surface area contributed by atoms with Gasteiger partial charge in [0.15, 0.2) is 15.6 Å². The summed E-state index contributed by atoms with van der Waals surface area (Å²) in [5.41, 5.74) is 1.92. The van der Waals surface area contributed by atoms with Crippen LogP contribution in [0.3, 0.4) is 0 Å². The third-order valence-corrected chi connectivity index (χ3v) is 6.20. The predicted octanol–water partition coefficient (Wildman–Crippen LogP) is 3.75. The monoisotopic (exact) mass is 421 g/mol. The molecular formula is C22H19N3O4S. The summed E-state index contributed by atoms with van der Waals surface area (Å²) >= 11 is 0. The van der Waals surface area contributed by atoms with Crippen LogP contribution in [0.25, 0.3) is 0 Å². The number of hydrogen-bond donors (Lipinski definition) is 1.